The highest BCUT2D eigenvalue weighted by atomic mass is 32.2. The van der Waals surface area contributed by atoms with Crippen LogP contribution >= 0.6 is 0 Å². The number of methoxy groups -OCH3 is 1. The van der Waals surface area contributed by atoms with E-state index in [4.69, 9.17) is 0 Å². The second-order valence-corrected chi connectivity index (χ2v) is 8.54. The van der Waals surface area contributed by atoms with Crippen LogP contribution in [0.4, 0.5) is 10.1 Å². The van der Waals surface area contributed by atoms with Gasteiger partial charge < -0.3 is 10.1 Å². The zero-order valence-electron chi connectivity index (χ0n) is 15.8. The molecule has 1 fully saturated rings. The topological polar surface area (TPSA) is 92.8 Å². The Hall–Kier alpha value is -2.78. The first-order chi connectivity index (χ1) is 13.8. The van der Waals surface area contributed by atoms with E-state index in [1.54, 1.807) is 12.1 Å². The third-order valence-corrected chi connectivity index (χ3v) is 6.82. The van der Waals surface area contributed by atoms with Gasteiger partial charge in [-0.3, -0.25) is 4.79 Å². The molecule has 9 heteroatoms. The number of carbonyl (C=O) groups is 2. The smallest absolute Gasteiger partial charge is 0.339 e. The Bertz CT molecular complexity index is 1020. The van der Waals surface area contributed by atoms with Crippen molar-refractivity contribution in [2.75, 3.05) is 25.5 Å². The van der Waals surface area contributed by atoms with Gasteiger partial charge in [-0.05, 0) is 37.1 Å². The van der Waals surface area contributed by atoms with Crippen LogP contribution in [0.2, 0.25) is 0 Å². The molecule has 2 aromatic carbocycles. The molecule has 0 bridgehead atoms. The van der Waals surface area contributed by atoms with Crippen LogP contribution in [-0.2, 0) is 19.6 Å². The minimum atomic E-state index is -3.92. The maximum Gasteiger partial charge on any atom is 0.339 e. The van der Waals surface area contributed by atoms with Gasteiger partial charge in [0, 0.05) is 19.0 Å². The second-order valence-electron chi connectivity index (χ2n) is 6.64. The van der Waals surface area contributed by atoms with Gasteiger partial charge >= 0.3 is 5.97 Å². The third kappa shape index (κ3) is 4.46. The number of nitrogens with zero attached hydrogens (tertiary/aromatic N) is 1. The lowest BCUT2D eigenvalue weighted by Crippen LogP contribution is -2.41. The van der Waals surface area contributed by atoms with Gasteiger partial charge in [0.15, 0.2) is 0 Å². The number of carbonyl (C=O) groups excluding carboxylic acids is 2. The Morgan fingerprint density at radius 2 is 1.69 bits per heavy atom. The molecule has 1 N–H and O–H groups in total. The summed E-state index contributed by atoms with van der Waals surface area (Å²) < 4.78 is 45.7. The summed E-state index contributed by atoms with van der Waals surface area (Å²) in [5.74, 6) is -2.04. The number of hydrogen-bond acceptors (Lipinski definition) is 5. The van der Waals surface area contributed by atoms with Crippen molar-refractivity contribution >= 4 is 27.6 Å². The average molecular weight is 420 g/mol. The van der Waals surface area contributed by atoms with Gasteiger partial charge in [-0.25, -0.2) is 17.6 Å². The van der Waals surface area contributed by atoms with Gasteiger partial charge in [0.25, 0.3) is 0 Å². The van der Waals surface area contributed by atoms with Gasteiger partial charge in [0.05, 0.1) is 23.3 Å². The first kappa shape index (κ1) is 20.9. The van der Waals surface area contributed by atoms with E-state index >= 15 is 0 Å². The van der Waals surface area contributed by atoms with Gasteiger partial charge in [0.2, 0.25) is 15.9 Å². The molecule has 3 rings (SSSR count). The molecule has 7 nitrogen and oxygen atoms in total. The predicted molar refractivity (Wildman–Crippen MR) is 104 cm³/mol. The molecule has 154 valence electrons. The minimum absolute atomic E-state index is 0.0329. The van der Waals surface area contributed by atoms with Gasteiger partial charge in [-0.2, -0.15) is 4.31 Å². The minimum Gasteiger partial charge on any atom is -0.465 e. The molecule has 0 spiro atoms. The molecule has 0 unspecified atom stereocenters. The van der Waals surface area contributed by atoms with Crippen LogP contribution < -0.4 is 5.32 Å². The van der Waals surface area contributed by atoms with Gasteiger partial charge in [-0.1, -0.05) is 24.3 Å². The van der Waals surface area contributed by atoms with Crippen LogP contribution in [0.1, 0.15) is 23.2 Å². The quantitative estimate of drug-likeness (QED) is 0.751. The number of nitrogens with one attached hydrogen (secondary N) is 1. The molecule has 0 atom stereocenters. The summed E-state index contributed by atoms with van der Waals surface area (Å²) >= 11 is 0. The molecule has 0 aromatic heterocycles. The van der Waals surface area contributed by atoms with E-state index in [2.05, 4.69) is 10.1 Å². The molecule has 0 radical (unpaired) electrons. The van der Waals surface area contributed by atoms with E-state index in [0.29, 0.717) is 12.8 Å². The first-order valence-corrected chi connectivity index (χ1v) is 10.5. The van der Waals surface area contributed by atoms with E-state index in [-0.39, 0.29) is 35.1 Å². The number of piperidine rings is 1. The summed E-state index contributed by atoms with van der Waals surface area (Å²) in [4.78, 5) is 24.2. The molecule has 2 aromatic rings. The monoisotopic (exact) mass is 420 g/mol. The number of rotatable bonds is 5. The van der Waals surface area contributed by atoms with Crippen molar-refractivity contribution in [3.8, 4) is 0 Å². The van der Waals surface area contributed by atoms with E-state index in [1.807, 2.05) is 0 Å². The Labute approximate surface area is 168 Å². The van der Waals surface area contributed by atoms with Crippen LogP contribution in [0.5, 0.6) is 0 Å². The van der Waals surface area contributed by atoms with E-state index < -0.39 is 27.7 Å². The summed E-state index contributed by atoms with van der Waals surface area (Å²) in [7, 11) is -2.74. The lowest BCUT2D eigenvalue weighted by molar-refractivity contribution is -0.120. The number of ether oxygens (including phenoxy) is 1. The lowest BCUT2D eigenvalue weighted by Gasteiger charge is -2.31. The largest absolute Gasteiger partial charge is 0.465 e. The standard InChI is InChI=1S/C20H21FN2O5S/c1-28-20(25)15-6-2-5-9-18(15)29(26,27)23-12-10-14(11-13-23)19(24)22-17-8-4-3-7-16(17)21/h2-9,14H,10-13H2,1H3,(H,22,24). The number of sulfonamides is 1. The molecular formula is C20H21FN2O5S. The molecule has 1 saturated heterocycles. The number of anilines is 1. The van der Waals surface area contributed by atoms with Crippen molar-refractivity contribution in [3.05, 3.63) is 59.9 Å². The zero-order valence-corrected chi connectivity index (χ0v) is 16.6. The van der Waals surface area contributed by atoms with Gasteiger partial charge in [0.1, 0.15) is 5.82 Å². The van der Waals surface area contributed by atoms with Crippen LogP contribution in [0, 0.1) is 11.7 Å². The Morgan fingerprint density at radius 3 is 2.34 bits per heavy atom. The second kappa shape index (κ2) is 8.71. The van der Waals surface area contributed by atoms with Crippen molar-refractivity contribution in [1.29, 1.82) is 0 Å². The average Bonchev–Trinajstić information content (AvgIpc) is 2.74. The highest BCUT2D eigenvalue weighted by Crippen LogP contribution is 2.27. The molecule has 1 amide bonds. The summed E-state index contributed by atoms with van der Waals surface area (Å²) in [6.45, 7) is 0.237. The maximum absolute atomic E-state index is 13.7. The molecule has 1 aliphatic rings. The van der Waals surface area contributed by atoms with Crippen molar-refractivity contribution in [2.24, 2.45) is 5.92 Å². The fourth-order valence-electron chi connectivity index (χ4n) is 3.26. The van der Waals surface area contributed by atoms with E-state index in [1.165, 1.54) is 47.8 Å². The fraction of sp³-hybridized carbons (Fsp3) is 0.300. The normalized spacial score (nSPS) is 15.7. The van der Waals surface area contributed by atoms with E-state index in [0.717, 1.165) is 0 Å². The van der Waals surface area contributed by atoms with Crippen LogP contribution in [-0.4, -0.2) is 44.8 Å². The molecule has 29 heavy (non-hydrogen) atoms. The Balaban J connectivity index is 1.70. The molecular weight excluding hydrogens is 399 g/mol. The van der Waals surface area contributed by atoms with Crippen LogP contribution in [0.15, 0.2) is 53.4 Å². The molecule has 0 saturated carbocycles. The fourth-order valence-corrected chi connectivity index (χ4v) is 4.91. The third-order valence-electron chi connectivity index (χ3n) is 4.87. The summed E-state index contributed by atoms with van der Waals surface area (Å²) in [6, 6.07) is 11.7. The highest BCUT2D eigenvalue weighted by Gasteiger charge is 2.34. The maximum atomic E-state index is 13.7. The number of benzene rings is 2. The summed E-state index contributed by atoms with van der Waals surface area (Å²) in [6.07, 6.45) is 0.583. The van der Waals surface area contributed by atoms with E-state index in [9.17, 15) is 22.4 Å². The predicted octanol–water partition coefficient (Wildman–Crippen LogP) is 2.65. The molecule has 1 aliphatic heterocycles. The Kier molecular flexibility index (Phi) is 6.29. The van der Waals surface area contributed by atoms with Crippen molar-refractivity contribution in [3.63, 3.8) is 0 Å². The number of esters is 1. The lowest BCUT2D eigenvalue weighted by atomic mass is 9.97. The SMILES string of the molecule is COC(=O)c1ccccc1S(=O)(=O)N1CCC(C(=O)Nc2ccccc2F)CC1. The summed E-state index contributed by atoms with van der Waals surface area (Å²) in [5, 5.41) is 2.55. The Morgan fingerprint density at radius 1 is 1.07 bits per heavy atom. The number of hydrogen-bond donors (Lipinski definition) is 1. The first-order valence-electron chi connectivity index (χ1n) is 9.07. The number of para-hydroxylation sites is 1. The molecule has 1 heterocycles. The summed E-state index contributed by atoms with van der Waals surface area (Å²) in [5.41, 5.74) is 0.0639. The van der Waals surface area contributed by atoms with Crippen LogP contribution in [0.25, 0.3) is 0 Å². The van der Waals surface area contributed by atoms with Crippen molar-refractivity contribution in [2.45, 2.75) is 17.7 Å². The highest BCUT2D eigenvalue weighted by molar-refractivity contribution is 7.89. The van der Waals surface area contributed by atoms with Crippen LogP contribution in [0.3, 0.4) is 0 Å². The van der Waals surface area contributed by atoms with Crippen molar-refractivity contribution < 1.29 is 27.1 Å². The number of halogens is 1. The zero-order chi connectivity index (χ0) is 21.0. The van der Waals surface area contributed by atoms with Gasteiger partial charge in [-0.15, -0.1) is 0 Å². The number of amides is 1. The van der Waals surface area contributed by atoms with Crippen molar-refractivity contribution in [1.82, 2.24) is 4.31 Å². The molecule has 0 aliphatic carbocycles.